The summed E-state index contributed by atoms with van der Waals surface area (Å²) in [6.07, 6.45) is 1.88. The molecule has 20 heavy (non-hydrogen) atoms. The highest BCUT2D eigenvalue weighted by atomic mass is 35.5. The van der Waals surface area contributed by atoms with Crippen molar-refractivity contribution in [3.8, 4) is 0 Å². The first-order valence-corrected chi connectivity index (χ1v) is 7.30. The molecule has 0 atom stereocenters. The number of hydrogen-bond acceptors (Lipinski definition) is 3. The highest BCUT2D eigenvalue weighted by molar-refractivity contribution is 7.09. The van der Waals surface area contributed by atoms with E-state index in [0.717, 1.165) is 10.9 Å². The van der Waals surface area contributed by atoms with E-state index in [9.17, 15) is 4.79 Å². The second kappa shape index (κ2) is 5.09. The summed E-state index contributed by atoms with van der Waals surface area (Å²) in [5, 5.41) is 13.2. The van der Waals surface area contributed by atoms with Crippen molar-refractivity contribution in [3.05, 3.63) is 50.5 Å². The normalized spacial score (nSPS) is 11.1. The van der Waals surface area contributed by atoms with Crippen LogP contribution in [0.4, 0.5) is 0 Å². The van der Waals surface area contributed by atoms with Crippen LogP contribution in [0.25, 0.3) is 10.9 Å². The van der Waals surface area contributed by atoms with Gasteiger partial charge in [0, 0.05) is 22.0 Å². The number of benzene rings is 1. The average Bonchev–Trinajstić information content (AvgIpc) is 2.97. The minimum Gasteiger partial charge on any atom is -0.476 e. The first-order valence-electron chi connectivity index (χ1n) is 5.66. The molecule has 0 saturated carbocycles. The van der Waals surface area contributed by atoms with Gasteiger partial charge in [-0.1, -0.05) is 23.2 Å². The zero-order valence-corrected chi connectivity index (χ0v) is 12.3. The Labute approximate surface area is 128 Å². The zero-order valence-electron chi connectivity index (χ0n) is 10.0. The predicted molar refractivity (Wildman–Crippen MR) is 80.1 cm³/mol. The Morgan fingerprint density at radius 3 is 2.90 bits per heavy atom. The fraction of sp³-hybridized carbons (Fsp3) is 0.0769. The molecule has 3 aromatic rings. The Hall–Kier alpha value is -1.56. The number of halogens is 2. The van der Waals surface area contributed by atoms with Crippen LogP contribution in [-0.2, 0) is 6.54 Å². The number of aromatic nitrogens is 2. The molecule has 0 aliphatic rings. The van der Waals surface area contributed by atoms with Gasteiger partial charge in [-0.15, -0.1) is 11.3 Å². The number of nitrogens with zero attached hydrogens (tertiary/aromatic N) is 2. The summed E-state index contributed by atoms with van der Waals surface area (Å²) < 4.78 is 1.93. The second-order valence-electron chi connectivity index (χ2n) is 4.20. The topological polar surface area (TPSA) is 55.1 Å². The van der Waals surface area contributed by atoms with Crippen LogP contribution in [0.1, 0.15) is 15.5 Å². The van der Waals surface area contributed by atoms with Crippen molar-refractivity contribution in [1.82, 2.24) is 9.55 Å². The second-order valence-corrected chi connectivity index (χ2v) is 5.99. The minimum absolute atomic E-state index is 0.0654. The van der Waals surface area contributed by atoms with E-state index in [0.29, 0.717) is 21.6 Å². The molecule has 0 unspecified atom stereocenters. The molecule has 102 valence electrons. The molecule has 3 rings (SSSR count). The number of aromatic carboxylic acids is 1. The highest BCUT2D eigenvalue weighted by Gasteiger charge is 2.11. The Morgan fingerprint density at radius 1 is 1.40 bits per heavy atom. The van der Waals surface area contributed by atoms with E-state index in [-0.39, 0.29) is 5.69 Å². The number of carbonyl (C=O) groups is 1. The van der Waals surface area contributed by atoms with Crippen LogP contribution in [-0.4, -0.2) is 20.6 Å². The van der Waals surface area contributed by atoms with Gasteiger partial charge in [0.25, 0.3) is 0 Å². The van der Waals surface area contributed by atoms with Crippen LogP contribution in [0.15, 0.2) is 29.8 Å². The van der Waals surface area contributed by atoms with Crippen molar-refractivity contribution in [2.45, 2.75) is 6.54 Å². The number of carboxylic acid groups (broad SMARTS) is 1. The smallest absolute Gasteiger partial charge is 0.355 e. The highest BCUT2D eigenvalue weighted by Crippen LogP contribution is 2.29. The van der Waals surface area contributed by atoms with Gasteiger partial charge in [-0.3, -0.25) is 0 Å². The quantitative estimate of drug-likeness (QED) is 0.786. The zero-order chi connectivity index (χ0) is 14.3. The van der Waals surface area contributed by atoms with Gasteiger partial charge in [-0.2, -0.15) is 0 Å². The predicted octanol–water partition coefficient (Wildman–Crippen LogP) is 4.15. The molecule has 0 amide bonds. The monoisotopic (exact) mass is 326 g/mol. The van der Waals surface area contributed by atoms with Gasteiger partial charge in [-0.25, -0.2) is 9.78 Å². The number of hydrogen-bond donors (Lipinski definition) is 1. The van der Waals surface area contributed by atoms with E-state index in [1.54, 1.807) is 6.07 Å². The molecule has 7 heteroatoms. The van der Waals surface area contributed by atoms with Gasteiger partial charge >= 0.3 is 5.97 Å². The van der Waals surface area contributed by atoms with Crippen LogP contribution >= 0.6 is 34.5 Å². The third-order valence-corrected chi connectivity index (χ3v) is 4.20. The van der Waals surface area contributed by atoms with E-state index in [4.69, 9.17) is 28.3 Å². The number of fused-ring (bicyclic) bond motifs is 1. The van der Waals surface area contributed by atoms with Gasteiger partial charge in [0.05, 0.1) is 17.1 Å². The van der Waals surface area contributed by atoms with E-state index in [2.05, 4.69) is 4.98 Å². The lowest BCUT2D eigenvalue weighted by atomic mass is 10.2. The summed E-state index contributed by atoms with van der Waals surface area (Å²) in [7, 11) is 0. The lowest BCUT2D eigenvalue weighted by Crippen LogP contribution is -2.00. The van der Waals surface area contributed by atoms with Crippen molar-refractivity contribution in [2.24, 2.45) is 0 Å². The Kier molecular flexibility index (Phi) is 3.41. The average molecular weight is 327 g/mol. The summed E-state index contributed by atoms with van der Waals surface area (Å²) >= 11 is 13.5. The molecule has 0 aliphatic heterocycles. The molecule has 0 fully saturated rings. The molecule has 4 nitrogen and oxygen atoms in total. The minimum atomic E-state index is -1.02. The van der Waals surface area contributed by atoms with E-state index < -0.39 is 5.97 Å². The summed E-state index contributed by atoms with van der Waals surface area (Å²) in [5.41, 5.74) is 0.929. The first kappa shape index (κ1) is 13.4. The van der Waals surface area contributed by atoms with Crippen LogP contribution in [0.2, 0.25) is 10.0 Å². The molecule has 0 bridgehead atoms. The van der Waals surface area contributed by atoms with Crippen LogP contribution in [0.3, 0.4) is 0 Å². The van der Waals surface area contributed by atoms with Gasteiger partial charge < -0.3 is 9.67 Å². The molecular weight excluding hydrogens is 319 g/mol. The van der Waals surface area contributed by atoms with Crippen molar-refractivity contribution in [3.63, 3.8) is 0 Å². The van der Waals surface area contributed by atoms with E-state index >= 15 is 0 Å². The lowest BCUT2D eigenvalue weighted by Gasteiger charge is -2.05. The molecule has 2 aromatic heterocycles. The number of carboxylic acids is 1. The SMILES string of the molecule is O=C(O)c1csc(Cn2ccc3cc(Cl)cc(Cl)c32)n1. The maximum Gasteiger partial charge on any atom is 0.355 e. The van der Waals surface area contributed by atoms with Crippen molar-refractivity contribution in [2.75, 3.05) is 0 Å². The summed E-state index contributed by atoms with van der Waals surface area (Å²) in [5.74, 6) is -1.02. The Morgan fingerprint density at radius 2 is 2.20 bits per heavy atom. The van der Waals surface area contributed by atoms with Crippen molar-refractivity contribution in [1.29, 1.82) is 0 Å². The van der Waals surface area contributed by atoms with Gasteiger partial charge in [0.1, 0.15) is 5.01 Å². The fourth-order valence-electron chi connectivity index (χ4n) is 2.02. The first-order chi connectivity index (χ1) is 9.54. The Balaban J connectivity index is 2.00. The third-order valence-electron chi connectivity index (χ3n) is 2.86. The van der Waals surface area contributed by atoms with E-state index in [1.807, 2.05) is 22.9 Å². The number of rotatable bonds is 3. The summed E-state index contributed by atoms with van der Waals surface area (Å²) in [4.78, 5) is 14.9. The molecule has 1 N–H and O–H groups in total. The van der Waals surface area contributed by atoms with E-state index in [1.165, 1.54) is 16.7 Å². The molecular formula is C13H8Cl2N2O2S. The largest absolute Gasteiger partial charge is 0.476 e. The molecule has 0 aliphatic carbocycles. The van der Waals surface area contributed by atoms with Crippen LogP contribution < -0.4 is 0 Å². The molecule has 0 radical (unpaired) electrons. The lowest BCUT2D eigenvalue weighted by molar-refractivity contribution is 0.0691. The van der Waals surface area contributed by atoms with Gasteiger partial charge in [-0.05, 0) is 18.2 Å². The van der Waals surface area contributed by atoms with Crippen LogP contribution in [0.5, 0.6) is 0 Å². The molecule has 0 spiro atoms. The Bertz CT molecular complexity index is 810. The molecule has 1 aromatic carbocycles. The fourth-order valence-corrected chi connectivity index (χ4v) is 3.40. The maximum absolute atomic E-state index is 10.8. The maximum atomic E-state index is 10.8. The van der Waals surface area contributed by atoms with Gasteiger partial charge in [0.15, 0.2) is 5.69 Å². The number of thiazole rings is 1. The third kappa shape index (κ3) is 2.40. The van der Waals surface area contributed by atoms with Crippen molar-refractivity contribution < 1.29 is 9.90 Å². The summed E-state index contributed by atoms with van der Waals surface area (Å²) in [6, 6.07) is 5.44. The molecule has 2 heterocycles. The molecule has 0 saturated heterocycles. The standard InChI is InChI=1S/C13H8Cl2N2O2S/c14-8-3-7-1-2-17(12(7)9(15)4-8)5-11-16-10(6-20-11)13(18)19/h1-4,6H,5H2,(H,18,19). The van der Waals surface area contributed by atoms with Gasteiger partial charge in [0.2, 0.25) is 0 Å². The summed E-state index contributed by atoms with van der Waals surface area (Å²) in [6.45, 7) is 0.475. The van der Waals surface area contributed by atoms with Crippen LogP contribution in [0, 0.1) is 0 Å². The van der Waals surface area contributed by atoms with Crippen molar-refractivity contribution >= 4 is 51.4 Å².